The summed E-state index contributed by atoms with van der Waals surface area (Å²) in [6.45, 7) is 13.1. The van der Waals surface area contributed by atoms with E-state index in [1.165, 1.54) is 0 Å². The van der Waals surface area contributed by atoms with Gasteiger partial charge in [0.1, 0.15) is 11.6 Å². The maximum atomic E-state index is 6.32. The second kappa shape index (κ2) is 5.16. The molecular formula is C14H27N3S. The standard InChI is InChI=1S/C14H27N3S/c1-13(2,3)12-16-10(8-9-18-7)11(15)17(12)14(4,5)6/h8-9,15H2,1-7H3. The number of aryl methyl sites for hydroxylation is 1. The van der Waals surface area contributed by atoms with E-state index in [9.17, 15) is 0 Å². The minimum Gasteiger partial charge on any atom is -0.384 e. The first-order valence-electron chi connectivity index (χ1n) is 6.46. The van der Waals surface area contributed by atoms with Crippen molar-refractivity contribution in [3.05, 3.63) is 11.5 Å². The van der Waals surface area contributed by atoms with Crippen LogP contribution in [-0.2, 0) is 17.4 Å². The normalized spacial score (nSPS) is 13.1. The Morgan fingerprint density at radius 2 is 1.72 bits per heavy atom. The molecule has 0 unspecified atom stereocenters. The number of imidazole rings is 1. The molecule has 0 bridgehead atoms. The second-order valence-corrected chi connectivity index (χ2v) is 7.75. The highest BCUT2D eigenvalue weighted by Crippen LogP contribution is 2.32. The first-order valence-corrected chi connectivity index (χ1v) is 7.85. The largest absolute Gasteiger partial charge is 0.384 e. The molecule has 0 aliphatic heterocycles. The molecule has 0 spiro atoms. The van der Waals surface area contributed by atoms with Crippen LogP contribution >= 0.6 is 11.8 Å². The van der Waals surface area contributed by atoms with Crippen molar-refractivity contribution in [3.63, 3.8) is 0 Å². The molecule has 0 atom stereocenters. The smallest absolute Gasteiger partial charge is 0.127 e. The Morgan fingerprint density at radius 1 is 1.17 bits per heavy atom. The fourth-order valence-electron chi connectivity index (χ4n) is 2.04. The van der Waals surface area contributed by atoms with Crippen LogP contribution in [0.25, 0.3) is 0 Å². The molecule has 1 rings (SSSR count). The van der Waals surface area contributed by atoms with Gasteiger partial charge >= 0.3 is 0 Å². The van der Waals surface area contributed by atoms with E-state index in [0.29, 0.717) is 0 Å². The third-order valence-corrected chi connectivity index (χ3v) is 3.49. The molecule has 1 aromatic heterocycles. The predicted octanol–water partition coefficient (Wildman–Crippen LogP) is 3.42. The van der Waals surface area contributed by atoms with Crippen molar-refractivity contribution in [1.82, 2.24) is 9.55 Å². The topological polar surface area (TPSA) is 43.8 Å². The second-order valence-electron chi connectivity index (χ2n) is 6.77. The third kappa shape index (κ3) is 3.22. The summed E-state index contributed by atoms with van der Waals surface area (Å²) in [6.07, 6.45) is 3.06. The van der Waals surface area contributed by atoms with E-state index in [0.717, 1.165) is 29.5 Å². The van der Waals surface area contributed by atoms with Gasteiger partial charge in [0.25, 0.3) is 0 Å². The number of hydrogen-bond acceptors (Lipinski definition) is 3. The summed E-state index contributed by atoms with van der Waals surface area (Å²) in [6, 6.07) is 0. The van der Waals surface area contributed by atoms with Gasteiger partial charge in [0.15, 0.2) is 0 Å². The van der Waals surface area contributed by atoms with Gasteiger partial charge in [-0.05, 0) is 32.8 Å². The Kier molecular flexibility index (Phi) is 4.42. The molecule has 18 heavy (non-hydrogen) atoms. The van der Waals surface area contributed by atoms with E-state index >= 15 is 0 Å². The third-order valence-electron chi connectivity index (χ3n) is 2.87. The molecule has 2 N–H and O–H groups in total. The number of hydrogen-bond donors (Lipinski definition) is 1. The van der Waals surface area contributed by atoms with Gasteiger partial charge in [0, 0.05) is 17.4 Å². The Hall–Kier alpha value is -0.640. The zero-order valence-corrected chi connectivity index (χ0v) is 13.6. The van der Waals surface area contributed by atoms with Crippen molar-refractivity contribution in [2.75, 3.05) is 17.7 Å². The number of thioether (sulfide) groups is 1. The maximum Gasteiger partial charge on any atom is 0.127 e. The molecular weight excluding hydrogens is 242 g/mol. The molecule has 1 heterocycles. The lowest BCUT2D eigenvalue weighted by atomic mass is 9.94. The van der Waals surface area contributed by atoms with Crippen molar-refractivity contribution in [2.24, 2.45) is 0 Å². The average molecular weight is 269 g/mol. The molecule has 0 aliphatic carbocycles. The molecule has 104 valence electrons. The molecule has 0 aromatic carbocycles. The molecule has 1 aromatic rings. The Morgan fingerprint density at radius 3 is 2.06 bits per heavy atom. The van der Waals surface area contributed by atoms with E-state index in [-0.39, 0.29) is 11.0 Å². The molecule has 0 radical (unpaired) electrons. The van der Waals surface area contributed by atoms with Crippen LogP contribution in [0.15, 0.2) is 0 Å². The minimum absolute atomic E-state index is 0.0129. The summed E-state index contributed by atoms with van der Waals surface area (Å²) in [5, 5.41) is 0. The monoisotopic (exact) mass is 269 g/mol. The Balaban J connectivity index is 3.33. The fraction of sp³-hybridized carbons (Fsp3) is 0.786. The molecule has 3 nitrogen and oxygen atoms in total. The first kappa shape index (κ1) is 15.4. The van der Waals surface area contributed by atoms with Crippen LogP contribution in [-0.4, -0.2) is 21.6 Å². The van der Waals surface area contributed by atoms with Gasteiger partial charge in [0.05, 0.1) is 5.69 Å². The quantitative estimate of drug-likeness (QED) is 0.914. The lowest BCUT2D eigenvalue weighted by molar-refractivity contribution is 0.359. The molecule has 4 heteroatoms. The van der Waals surface area contributed by atoms with Gasteiger partial charge in [-0.15, -0.1) is 0 Å². The van der Waals surface area contributed by atoms with Gasteiger partial charge in [-0.1, -0.05) is 20.8 Å². The highest BCUT2D eigenvalue weighted by atomic mass is 32.2. The highest BCUT2D eigenvalue weighted by Gasteiger charge is 2.30. The zero-order valence-electron chi connectivity index (χ0n) is 12.8. The maximum absolute atomic E-state index is 6.32. The summed E-state index contributed by atoms with van der Waals surface area (Å²) >= 11 is 1.83. The molecule has 0 amide bonds. The summed E-state index contributed by atoms with van der Waals surface area (Å²) in [4.78, 5) is 4.81. The van der Waals surface area contributed by atoms with E-state index in [1.54, 1.807) is 0 Å². The number of rotatable bonds is 3. The van der Waals surface area contributed by atoms with Crippen LogP contribution in [0.4, 0.5) is 5.82 Å². The van der Waals surface area contributed by atoms with Crippen molar-refractivity contribution < 1.29 is 0 Å². The number of nitrogens with zero attached hydrogens (tertiary/aromatic N) is 2. The summed E-state index contributed by atoms with van der Waals surface area (Å²) in [7, 11) is 0. The van der Waals surface area contributed by atoms with Crippen molar-refractivity contribution >= 4 is 17.6 Å². The van der Waals surface area contributed by atoms with Gasteiger partial charge in [-0.25, -0.2) is 4.98 Å². The molecule has 0 saturated heterocycles. The summed E-state index contributed by atoms with van der Waals surface area (Å²) < 4.78 is 2.20. The van der Waals surface area contributed by atoms with Crippen LogP contribution < -0.4 is 5.73 Å². The van der Waals surface area contributed by atoms with E-state index < -0.39 is 0 Å². The predicted molar refractivity (Wildman–Crippen MR) is 82.4 cm³/mol. The minimum atomic E-state index is -0.0305. The van der Waals surface area contributed by atoms with Crippen LogP contribution in [0.1, 0.15) is 53.1 Å². The number of aromatic nitrogens is 2. The molecule has 0 aliphatic rings. The van der Waals surface area contributed by atoms with Crippen LogP contribution in [0.2, 0.25) is 0 Å². The van der Waals surface area contributed by atoms with Crippen molar-refractivity contribution in [1.29, 1.82) is 0 Å². The number of nitrogens with two attached hydrogens (primary N) is 1. The van der Waals surface area contributed by atoms with Crippen LogP contribution in [0.3, 0.4) is 0 Å². The molecule has 0 saturated carbocycles. The fourth-order valence-corrected chi connectivity index (χ4v) is 2.44. The molecule has 0 fully saturated rings. The Labute approximate surface area is 116 Å². The van der Waals surface area contributed by atoms with Crippen molar-refractivity contribution in [2.45, 2.75) is 58.9 Å². The van der Waals surface area contributed by atoms with Crippen LogP contribution in [0.5, 0.6) is 0 Å². The van der Waals surface area contributed by atoms with E-state index in [1.807, 2.05) is 11.8 Å². The van der Waals surface area contributed by atoms with E-state index in [2.05, 4.69) is 52.4 Å². The van der Waals surface area contributed by atoms with Crippen molar-refractivity contribution in [3.8, 4) is 0 Å². The number of nitrogen functional groups attached to an aromatic ring is 1. The Bertz CT molecular complexity index is 408. The lowest BCUT2D eigenvalue weighted by Crippen LogP contribution is -2.30. The van der Waals surface area contributed by atoms with Gasteiger partial charge in [-0.3, -0.25) is 0 Å². The highest BCUT2D eigenvalue weighted by molar-refractivity contribution is 7.98. The zero-order chi connectivity index (χ0) is 14.1. The van der Waals surface area contributed by atoms with Gasteiger partial charge in [0.2, 0.25) is 0 Å². The first-order chi connectivity index (χ1) is 8.09. The number of anilines is 1. The summed E-state index contributed by atoms with van der Waals surface area (Å²) in [5.41, 5.74) is 7.35. The van der Waals surface area contributed by atoms with Crippen LogP contribution in [0, 0.1) is 0 Å². The average Bonchev–Trinajstić information content (AvgIpc) is 2.51. The van der Waals surface area contributed by atoms with Gasteiger partial charge in [-0.2, -0.15) is 11.8 Å². The lowest BCUT2D eigenvalue weighted by Gasteiger charge is -2.29. The summed E-state index contributed by atoms with van der Waals surface area (Å²) in [5.74, 6) is 2.99. The van der Waals surface area contributed by atoms with Gasteiger partial charge < -0.3 is 10.3 Å². The SMILES string of the molecule is CSCCc1nc(C(C)(C)C)n(C(C)(C)C)c1N. The van der Waals surface area contributed by atoms with E-state index in [4.69, 9.17) is 10.7 Å².